The Kier molecular flexibility index (Phi) is 4.72. The van der Waals surface area contributed by atoms with Crippen LogP contribution in [-0.2, 0) is 11.3 Å². The van der Waals surface area contributed by atoms with Gasteiger partial charge in [-0.15, -0.1) is 0 Å². The van der Waals surface area contributed by atoms with Crippen LogP contribution < -0.4 is 5.56 Å². The van der Waals surface area contributed by atoms with Crippen LogP contribution in [0.3, 0.4) is 0 Å². The van der Waals surface area contributed by atoms with Gasteiger partial charge >= 0.3 is 0 Å². The number of hydrogen-bond donors (Lipinski definition) is 0. The van der Waals surface area contributed by atoms with Crippen LogP contribution in [0.15, 0.2) is 11.1 Å². The number of aromatic nitrogens is 2. The first kappa shape index (κ1) is 12.6. The smallest absolute Gasteiger partial charge is 0.267 e. The summed E-state index contributed by atoms with van der Waals surface area (Å²) < 4.78 is 7.64. The lowest BCUT2D eigenvalue weighted by Gasteiger charge is -2.09. The quantitative estimate of drug-likeness (QED) is 0.791. The molecule has 15 heavy (non-hydrogen) atoms. The maximum Gasteiger partial charge on any atom is 0.267 e. The van der Waals surface area contributed by atoms with Gasteiger partial charge in [0.15, 0.2) is 0 Å². The van der Waals surface area contributed by atoms with Crippen LogP contribution in [0.1, 0.15) is 19.5 Å². The van der Waals surface area contributed by atoms with Crippen molar-refractivity contribution in [3.05, 3.63) is 25.9 Å². The Balaban J connectivity index is 2.71. The molecule has 5 heteroatoms. The largest absolute Gasteiger partial charge is 0.377 e. The van der Waals surface area contributed by atoms with Crippen molar-refractivity contribution in [2.45, 2.75) is 33.4 Å². The monoisotopic (exact) mass is 322 g/mol. The van der Waals surface area contributed by atoms with E-state index in [4.69, 9.17) is 4.74 Å². The summed E-state index contributed by atoms with van der Waals surface area (Å²) in [6.07, 6.45) is 1.77. The molecule has 1 aromatic rings. The predicted octanol–water partition coefficient (Wildman–Crippen LogP) is 1.58. The molecule has 0 unspecified atom stereocenters. The maximum absolute atomic E-state index is 11.7. The van der Waals surface area contributed by atoms with E-state index in [0.29, 0.717) is 16.7 Å². The number of aryl methyl sites for hydroxylation is 1. The van der Waals surface area contributed by atoms with E-state index in [0.717, 1.165) is 5.69 Å². The Morgan fingerprint density at radius 2 is 2.27 bits per heavy atom. The average molecular weight is 322 g/mol. The SMILES string of the molecule is Cc1ncn(CCOC(C)C)c(=O)c1I. The lowest BCUT2D eigenvalue weighted by Crippen LogP contribution is -2.26. The second-order valence-electron chi connectivity index (χ2n) is 3.56. The Hall–Kier alpha value is -0.430. The average Bonchev–Trinajstić information content (AvgIpc) is 2.18. The van der Waals surface area contributed by atoms with E-state index in [1.807, 2.05) is 43.4 Å². The minimum Gasteiger partial charge on any atom is -0.377 e. The Labute approximate surface area is 103 Å². The molecule has 0 atom stereocenters. The Bertz CT molecular complexity index is 387. The van der Waals surface area contributed by atoms with E-state index in [1.165, 1.54) is 0 Å². The number of rotatable bonds is 4. The summed E-state index contributed by atoms with van der Waals surface area (Å²) in [5, 5.41) is 0. The summed E-state index contributed by atoms with van der Waals surface area (Å²) in [6, 6.07) is 0. The van der Waals surface area contributed by atoms with Gasteiger partial charge < -0.3 is 4.74 Å². The lowest BCUT2D eigenvalue weighted by atomic mass is 10.4. The minimum absolute atomic E-state index is 0.00968. The van der Waals surface area contributed by atoms with E-state index in [1.54, 1.807) is 10.9 Å². The molecule has 0 saturated heterocycles. The van der Waals surface area contributed by atoms with Gasteiger partial charge in [0.2, 0.25) is 0 Å². The highest BCUT2D eigenvalue weighted by atomic mass is 127. The molecule has 0 fully saturated rings. The molecule has 0 aliphatic heterocycles. The second-order valence-corrected chi connectivity index (χ2v) is 4.64. The van der Waals surface area contributed by atoms with Crippen molar-refractivity contribution in [1.29, 1.82) is 0 Å². The van der Waals surface area contributed by atoms with Crippen LogP contribution in [0.4, 0.5) is 0 Å². The highest BCUT2D eigenvalue weighted by Crippen LogP contribution is 2.01. The number of ether oxygens (including phenoxy) is 1. The van der Waals surface area contributed by atoms with Crippen LogP contribution in [0.5, 0.6) is 0 Å². The zero-order valence-electron chi connectivity index (χ0n) is 9.16. The fourth-order valence-corrected chi connectivity index (χ4v) is 1.54. The summed E-state index contributed by atoms with van der Waals surface area (Å²) in [5.41, 5.74) is 0.789. The summed E-state index contributed by atoms with van der Waals surface area (Å²) in [5.74, 6) is 0. The maximum atomic E-state index is 11.7. The zero-order valence-corrected chi connectivity index (χ0v) is 11.3. The highest BCUT2D eigenvalue weighted by Gasteiger charge is 2.04. The normalized spacial score (nSPS) is 11.0. The molecule has 1 aromatic heterocycles. The molecule has 1 heterocycles. The molecule has 0 bridgehead atoms. The van der Waals surface area contributed by atoms with Crippen LogP contribution >= 0.6 is 22.6 Å². The first-order valence-corrected chi connectivity index (χ1v) is 5.93. The summed E-state index contributed by atoms with van der Waals surface area (Å²) in [4.78, 5) is 15.9. The van der Waals surface area contributed by atoms with Gasteiger partial charge in [0.25, 0.3) is 5.56 Å². The van der Waals surface area contributed by atoms with Gasteiger partial charge in [-0.05, 0) is 43.4 Å². The third kappa shape index (κ3) is 3.57. The summed E-state index contributed by atoms with van der Waals surface area (Å²) in [7, 11) is 0. The second kappa shape index (κ2) is 5.60. The third-order valence-electron chi connectivity index (χ3n) is 1.94. The van der Waals surface area contributed by atoms with Crippen molar-refractivity contribution in [2.24, 2.45) is 0 Å². The van der Waals surface area contributed by atoms with Gasteiger partial charge in [-0.1, -0.05) is 0 Å². The van der Waals surface area contributed by atoms with Gasteiger partial charge in [0, 0.05) is 0 Å². The number of halogens is 1. The van der Waals surface area contributed by atoms with Crippen molar-refractivity contribution in [3.63, 3.8) is 0 Å². The first-order valence-electron chi connectivity index (χ1n) is 4.85. The number of nitrogens with zero attached hydrogens (tertiary/aromatic N) is 2. The summed E-state index contributed by atoms with van der Waals surface area (Å²) in [6.45, 7) is 6.87. The first-order chi connectivity index (χ1) is 7.02. The predicted molar refractivity (Wildman–Crippen MR) is 67.0 cm³/mol. The van der Waals surface area contributed by atoms with Crippen LogP contribution in [0.2, 0.25) is 0 Å². The van der Waals surface area contributed by atoms with Crippen molar-refractivity contribution >= 4 is 22.6 Å². The molecule has 0 aliphatic rings. The van der Waals surface area contributed by atoms with E-state index < -0.39 is 0 Å². The van der Waals surface area contributed by atoms with Gasteiger partial charge in [-0.25, -0.2) is 4.98 Å². The molecule has 0 saturated carbocycles. The molecule has 0 spiro atoms. The van der Waals surface area contributed by atoms with Crippen LogP contribution in [0.25, 0.3) is 0 Å². The Morgan fingerprint density at radius 1 is 1.60 bits per heavy atom. The molecule has 0 aliphatic carbocycles. The molecule has 84 valence electrons. The van der Waals surface area contributed by atoms with Crippen molar-refractivity contribution in [2.75, 3.05) is 6.61 Å². The van der Waals surface area contributed by atoms with Gasteiger partial charge in [-0.3, -0.25) is 9.36 Å². The highest BCUT2D eigenvalue weighted by molar-refractivity contribution is 14.1. The van der Waals surface area contributed by atoms with Crippen LogP contribution in [0, 0.1) is 10.5 Å². The fourth-order valence-electron chi connectivity index (χ4n) is 1.09. The van der Waals surface area contributed by atoms with E-state index in [-0.39, 0.29) is 11.7 Å². The molecule has 0 amide bonds. The molecule has 0 aromatic carbocycles. The molecular formula is C10H15IN2O2. The molecule has 1 rings (SSSR count). The van der Waals surface area contributed by atoms with Gasteiger partial charge in [0.05, 0.1) is 34.8 Å². The molecule has 0 radical (unpaired) electrons. The van der Waals surface area contributed by atoms with Crippen molar-refractivity contribution < 1.29 is 4.74 Å². The fraction of sp³-hybridized carbons (Fsp3) is 0.600. The van der Waals surface area contributed by atoms with Gasteiger partial charge in [0.1, 0.15) is 0 Å². The molecule has 0 N–H and O–H groups in total. The topological polar surface area (TPSA) is 44.1 Å². The molecule has 4 nitrogen and oxygen atoms in total. The zero-order chi connectivity index (χ0) is 11.4. The van der Waals surface area contributed by atoms with E-state index >= 15 is 0 Å². The lowest BCUT2D eigenvalue weighted by molar-refractivity contribution is 0.0720. The van der Waals surface area contributed by atoms with Crippen molar-refractivity contribution in [1.82, 2.24) is 9.55 Å². The summed E-state index contributed by atoms with van der Waals surface area (Å²) >= 11 is 2.02. The standard InChI is InChI=1S/C10H15IN2O2/c1-7(2)15-5-4-13-6-12-8(3)9(11)10(13)14/h6-7H,4-5H2,1-3H3. The van der Waals surface area contributed by atoms with E-state index in [9.17, 15) is 4.79 Å². The minimum atomic E-state index is 0.00968. The number of hydrogen-bond acceptors (Lipinski definition) is 3. The van der Waals surface area contributed by atoms with E-state index in [2.05, 4.69) is 4.98 Å². The Morgan fingerprint density at radius 3 is 2.87 bits per heavy atom. The molecular weight excluding hydrogens is 307 g/mol. The van der Waals surface area contributed by atoms with Gasteiger partial charge in [-0.2, -0.15) is 0 Å². The van der Waals surface area contributed by atoms with Crippen LogP contribution in [-0.4, -0.2) is 22.3 Å². The third-order valence-corrected chi connectivity index (χ3v) is 3.18. The van der Waals surface area contributed by atoms with Crippen molar-refractivity contribution in [3.8, 4) is 0 Å².